The Labute approximate surface area is 243 Å². The molecule has 216 valence electrons. The summed E-state index contributed by atoms with van der Waals surface area (Å²) in [6.07, 6.45) is 5.01. The zero-order valence-corrected chi connectivity index (χ0v) is 25.0. The number of aryl methyl sites for hydroxylation is 1. The molecule has 0 aliphatic carbocycles. The number of hydrogen-bond acceptors (Lipinski definition) is 7. The number of piperidine rings is 1. The minimum absolute atomic E-state index is 0.0169. The Morgan fingerprint density at radius 1 is 1.27 bits per heavy atom. The fraction of sp³-hybridized carbons (Fsp3) is 0.419. The molecule has 4 heterocycles. The van der Waals surface area contributed by atoms with Crippen molar-refractivity contribution in [3.63, 3.8) is 0 Å². The molecule has 1 aromatic carbocycles. The lowest BCUT2D eigenvalue weighted by molar-refractivity contribution is -0.160. The van der Waals surface area contributed by atoms with Gasteiger partial charge in [0.2, 0.25) is 0 Å². The Kier molecular flexibility index (Phi) is 7.74. The van der Waals surface area contributed by atoms with E-state index in [1.165, 1.54) is 23.5 Å². The van der Waals surface area contributed by atoms with E-state index in [2.05, 4.69) is 23.4 Å². The van der Waals surface area contributed by atoms with E-state index in [0.717, 1.165) is 28.3 Å². The highest BCUT2D eigenvalue weighted by Crippen LogP contribution is 2.40. The maximum absolute atomic E-state index is 13.3. The second-order valence-electron chi connectivity index (χ2n) is 12.0. The first kappa shape index (κ1) is 28.9. The van der Waals surface area contributed by atoms with Crippen LogP contribution >= 0.6 is 11.3 Å². The normalized spacial score (nSPS) is 16.2. The minimum Gasteiger partial charge on any atom is -0.479 e. The predicted octanol–water partition coefficient (Wildman–Crippen LogP) is 6.62. The van der Waals surface area contributed by atoms with Gasteiger partial charge < -0.3 is 14.7 Å². The average molecular weight is 578 g/mol. The molecule has 0 bridgehead atoms. The van der Waals surface area contributed by atoms with Gasteiger partial charge in [0.05, 0.1) is 11.2 Å². The van der Waals surface area contributed by atoms with E-state index in [1.54, 1.807) is 16.6 Å². The van der Waals surface area contributed by atoms with Crippen molar-refractivity contribution in [3.05, 3.63) is 76.7 Å². The summed E-state index contributed by atoms with van der Waals surface area (Å²) < 4.78 is 21.2. The molecule has 0 amide bonds. The highest BCUT2D eigenvalue weighted by molar-refractivity contribution is 7.15. The Hall–Kier alpha value is -3.63. The predicted molar refractivity (Wildman–Crippen MR) is 159 cm³/mol. The average Bonchev–Trinajstić information content (AvgIpc) is 3.55. The summed E-state index contributed by atoms with van der Waals surface area (Å²) in [5.41, 5.74) is 2.68. The zero-order chi connectivity index (χ0) is 29.5. The molecule has 0 saturated carbocycles. The van der Waals surface area contributed by atoms with Gasteiger partial charge in [-0.1, -0.05) is 25.1 Å². The summed E-state index contributed by atoms with van der Waals surface area (Å²) in [7, 11) is 0. The molecule has 4 aromatic rings. The van der Waals surface area contributed by atoms with Crippen molar-refractivity contribution in [2.75, 3.05) is 18.0 Å². The van der Waals surface area contributed by atoms with Gasteiger partial charge in [-0.3, -0.25) is 0 Å². The van der Waals surface area contributed by atoms with Crippen molar-refractivity contribution in [2.45, 2.75) is 65.6 Å². The van der Waals surface area contributed by atoms with Crippen molar-refractivity contribution >= 4 is 28.8 Å². The third-order valence-corrected chi connectivity index (χ3v) is 8.54. The zero-order valence-electron chi connectivity index (χ0n) is 24.1. The topological polar surface area (TPSA) is 92.8 Å². The summed E-state index contributed by atoms with van der Waals surface area (Å²) in [6, 6.07) is 8.35. The van der Waals surface area contributed by atoms with Crippen molar-refractivity contribution < 1.29 is 19.0 Å². The monoisotopic (exact) mass is 577 g/mol. The molecule has 1 aliphatic heterocycles. The van der Waals surface area contributed by atoms with Crippen LogP contribution in [0.5, 0.6) is 0 Å². The number of benzene rings is 1. The largest absolute Gasteiger partial charge is 0.479 e. The SMILES string of the molecule is C=CC1(C)CCN(c2c(C(OC(C)(C)C)C(=O)O)c(C)nc3cc(-c4ncc(Cc5ccc(F)cc5)s4)nn23)CC1. The third kappa shape index (κ3) is 6.18. The molecular formula is C31H36FN5O3S. The maximum Gasteiger partial charge on any atom is 0.337 e. The molecule has 1 atom stereocenters. The Morgan fingerprint density at radius 3 is 2.56 bits per heavy atom. The molecule has 5 rings (SSSR count). The van der Waals surface area contributed by atoms with Crippen LogP contribution in [0.15, 0.2) is 49.2 Å². The van der Waals surface area contributed by atoms with Gasteiger partial charge in [0.25, 0.3) is 0 Å². The molecule has 1 N–H and O–H groups in total. The molecule has 1 aliphatic rings. The van der Waals surface area contributed by atoms with Gasteiger partial charge in [0.1, 0.15) is 22.3 Å². The van der Waals surface area contributed by atoms with Gasteiger partial charge in [-0.15, -0.1) is 17.9 Å². The number of carboxylic acids is 1. The van der Waals surface area contributed by atoms with E-state index in [9.17, 15) is 14.3 Å². The fourth-order valence-corrected chi connectivity index (χ4v) is 6.06. The van der Waals surface area contributed by atoms with Crippen LogP contribution in [0, 0.1) is 18.2 Å². The number of thiazole rings is 1. The smallest absolute Gasteiger partial charge is 0.337 e. The van der Waals surface area contributed by atoms with Crippen LogP contribution in [0.2, 0.25) is 0 Å². The first-order chi connectivity index (χ1) is 19.4. The molecule has 10 heteroatoms. The Bertz CT molecular complexity index is 1580. The van der Waals surface area contributed by atoms with Crippen molar-refractivity contribution in [2.24, 2.45) is 5.41 Å². The summed E-state index contributed by atoms with van der Waals surface area (Å²) >= 11 is 1.52. The highest BCUT2D eigenvalue weighted by Gasteiger charge is 2.36. The molecule has 41 heavy (non-hydrogen) atoms. The molecule has 0 spiro atoms. The van der Waals surface area contributed by atoms with Crippen LogP contribution in [-0.4, -0.2) is 49.3 Å². The fourth-order valence-electron chi connectivity index (χ4n) is 5.16. The van der Waals surface area contributed by atoms with Crippen LogP contribution in [0.1, 0.15) is 68.3 Å². The number of carbonyl (C=O) groups is 1. The molecule has 8 nitrogen and oxygen atoms in total. The number of halogens is 1. The van der Waals surface area contributed by atoms with Gasteiger partial charge in [-0.2, -0.15) is 9.61 Å². The minimum atomic E-state index is -1.22. The van der Waals surface area contributed by atoms with E-state index < -0.39 is 17.7 Å². The van der Waals surface area contributed by atoms with E-state index in [1.807, 2.05) is 46.0 Å². The number of fused-ring (bicyclic) bond motifs is 1. The maximum atomic E-state index is 13.3. The highest BCUT2D eigenvalue weighted by atomic mass is 32.1. The third-order valence-electron chi connectivity index (χ3n) is 7.52. The van der Waals surface area contributed by atoms with E-state index >= 15 is 0 Å². The summed E-state index contributed by atoms with van der Waals surface area (Å²) in [5.74, 6) is -0.650. The number of aromatic nitrogens is 4. The number of rotatable bonds is 8. The number of anilines is 1. The molecular weight excluding hydrogens is 541 g/mol. The van der Waals surface area contributed by atoms with E-state index in [-0.39, 0.29) is 11.2 Å². The van der Waals surface area contributed by atoms with Crippen molar-refractivity contribution in [3.8, 4) is 10.7 Å². The molecule has 1 saturated heterocycles. The van der Waals surface area contributed by atoms with Gasteiger partial charge in [-0.25, -0.2) is 19.2 Å². The van der Waals surface area contributed by atoms with Gasteiger partial charge >= 0.3 is 5.97 Å². The Morgan fingerprint density at radius 2 is 1.95 bits per heavy atom. The summed E-state index contributed by atoms with van der Waals surface area (Å²) in [4.78, 5) is 25.2. The second kappa shape index (κ2) is 11.0. The Balaban J connectivity index is 1.59. The lowest BCUT2D eigenvalue weighted by Crippen LogP contribution is -2.40. The van der Waals surface area contributed by atoms with Crippen molar-refractivity contribution in [1.29, 1.82) is 0 Å². The van der Waals surface area contributed by atoms with Crippen LogP contribution in [-0.2, 0) is 16.0 Å². The molecule has 1 fully saturated rings. The van der Waals surface area contributed by atoms with E-state index in [0.29, 0.717) is 47.9 Å². The quantitative estimate of drug-likeness (QED) is 0.235. The lowest BCUT2D eigenvalue weighted by Gasteiger charge is -2.40. The standard InChI is InChI=1S/C31H36FN5O3S/c1-7-31(6)12-14-36(15-13-31)28-25(26(29(38)39)40-30(3,4)5)19(2)34-24-17-23(35-37(24)28)27-33-18-22(41-27)16-20-8-10-21(32)11-9-20/h7-11,17-18,26H,1,12-16H2,2-6H3,(H,38,39). The van der Waals surface area contributed by atoms with Gasteiger partial charge in [-0.05, 0) is 63.6 Å². The van der Waals surface area contributed by atoms with Crippen LogP contribution in [0.25, 0.3) is 16.3 Å². The first-order valence-electron chi connectivity index (χ1n) is 13.7. The van der Waals surface area contributed by atoms with E-state index in [4.69, 9.17) is 14.8 Å². The number of ether oxygens (including phenoxy) is 1. The summed E-state index contributed by atoms with van der Waals surface area (Å²) in [5, 5.41) is 16.0. The van der Waals surface area contributed by atoms with Crippen molar-refractivity contribution in [1.82, 2.24) is 19.6 Å². The number of aliphatic carboxylic acids is 1. The number of hydrogen-bond donors (Lipinski definition) is 1. The molecule has 1 unspecified atom stereocenters. The van der Waals surface area contributed by atoms with Crippen LogP contribution in [0.4, 0.5) is 10.2 Å². The van der Waals surface area contributed by atoms with Gasteiger partial charge in [0.15, 0.2) is 11.8 Å². The summed E-state index contributed by atoms with van der Waals surface area (Å²) in [6.45, 7) is 15.0. The number of nitrogens with zero attached hydrogens (tertiary/aromatic N) is 5. The molecule has 3 aromatic heterocycles. The van der Waals surface area contributed by atoms with Crippen LogP contribution < -0.4 is 4.90 Å². The number of carboxylic acid groups (broad SMARTS) is 1. The molecule has 0 radical (unpaired) electrons. The number of allylic oxidation sites excluding steroid dienone is 1. The second-order valence-corrected chi connectivity index (χ2v) is 13.1. The first-order valence-corrected chi connectivity index (χ1v) is 14.6. The van der Waals surface area contributed by atoms with Gasteiger partial charge in [0, 0.05) is 42.3 Å². The lowest BCUT2D eigenvalue weighted by atomic mass is 9.80. The van der Waals surface area contributed by atoms with Crippen LogP contribution in [0.3, 0.4) is 0 Å².